The zero-order valence-electron chi connectivity index (χ0n) is 17.9. The minimum atomic E-state index is -3.85. The SMILES string of the molecule is COc1ccc(C(=O)N(C)CC2CCCC2)cc1S(=O)(=O)N(C)Cc1ccccc1. The molecule has 1 saturated carbocycles. The van der Waals surface area contributed by atoms with Crippen LogP contribution >= 0.6 is 0 Å². The predicted molar refractivity (Wildman–Crippen MR) is 117 cm³/mol. The fraction of sp³-hybridized carbons (Fsp3) is 0.435. The molecule has 162 valence electrons. The Morgan fingerprint density at radius 2 is 1.73 bits per heavy atom. The van der Waals surface area contributed by atoms with Crippen molar-refractivity contribution in [1.29, 1.82) is 0 Å². The van der Waals surface area contributed by atoms with Gasteiger partial charge in [-0.2, -0.15) is 4.31 Å². The maximum Gasteiger partial charge on any atom is 0.253 e. The summed E-state index contributed by atoms with van der Waals surface area (Å²) in [4.78, 5) is 14.6. The van der Waals surface area contributed by atoms with Crippen LogP contribution in [0.5, 0.6) is 5.75 Å². The van der Waals surface area contributed by atoms with Crippen LogP contribution < -0.4 is 4.74 Å². The number of hydrogen-bond acceptors (Lipinski definition) is 4. The Labute approximate surface area is 179 Å². The maximum absolute atomic E-state index is 13.3. The van der Waals surface area contributed by atoms with Crippen molar-refractivity contribution in [2.24, 2.45) is 5.92 Å². The van der Waals surface area contributed by atoms with E-state index in [9.17, 15) is 13.2 Å². The smallest absolute Gasteiger partial charge is 0.253 e. The molecule has 6 nitrogen and oxygen atoms in total. The lowest BCUT2D eigenvalue weighted by molar-refractivity contribution is 0.0773. The van der Waals surface area contributed by atoms with E-state index in [-0.39, 0.29) is 23.1 Å². The van der Waals surface area contributed by atoms with Crippen LogP contribution in [0.25, 0.3) is 0 Å². The molecule has 0 radical (unpaired) electrons. The van der Waals surface area contributed by atoms with Crippen molar-refractivity contribution < 1.29 is 17.9 Å². The van der Waals surface area contributed by atoms with E-state index < -0.39 is 10.0 Å². The van der Waals surface area contributed by atoms with Crippen LogP contribution in [-0.4, -0.2) is 51.3 Å². The normalized spacial score (nSPS) is 14.8. The Hall–Kier alpha value is -2.38. The number of amides is 1. The third kappa shape index (κ3) is 5.02. The van der Waals surface area contributed by atoms with Gasteiger partial charge in [0.25, 0.3) is 5.91 Å². The maximum atomic E-state index is 13.3. The van der Waals surface area contributed by atoms with E-state index in [1.807, 2.05) is 30.3 Å². The van der Waals surface area contributed by atoms with Gasteiger partial charge in [-0.05, 0) is 42.5 Å². The fourth-order valence-electron chi connectivity index (χ4n) is 3.99. The van der Waals surface area contributed by atoms with Crippen molar-refractivity contribution in [2.75, 3.05) is 27.7 Å². The Balaban J connectivity index is 1.84. The summed E-state index contributed by atoms with van der Waals surface area (Å²) >= 11 is 0. The van der Waals surface area contributed by atoms with Gasteiger partial charge in [-0.25, -0.2) is 8.42 Å². The molecule has 7 heteroatoms. The van der Waals surface area contributed by atoms with Crippen molar-refractivity contribution in [2.45, 2.75) is 37.1 Å². The van der Waals surface area contributed by atoms with Crippen molar-refractivity contribution in [3.05, 3.63) is 59.7 Å². The monoisotopic (exact) mass is 430 g/mol. The van der Waals surface area contributed by atoms with Gasteiger partial charge in [0.15, 0.2) is 0 Å². The number of rotatable bonds is 8. The second-order valence-corrected chi connectivity index (χ2v) is 9.96. The molecule has 0 N–H and O–H groups in total. The molecule has 0 aromatic heterocycles. The highest BCUT2D eigenvalue weighted by Gasteiger charge is 2.27. The zero-order valence-corrected chi connectivity index (χ0v) is 18.7. The van der Waals surface area contributed by atoms with E-state index in [4.69, 9.17) is 4.74 Å². The molecule has 2 aromatic rings. The third-order valence-electron chi connectivity index (χ3n) is 5.70. The van der Waals surface area contributed by atoms with Crippen LogP contribution in [0.3, 0.4) is 0 Å². The number of methoxy groups -OCH3 is 1. The highest BCUT2D eigenvalue weighted by molar-refractivity contribution is 7.89. The standard InChI is InChI=1S/C23H30N2O4S/c1-24(16-18-11-7-8-12-18)23(26)20-13-14-21(29-3)22(15-20)30(27,28)25(2)17-19-9-5-4-6-10-19/h4-6,9-10,13-15,18H,7-8,11-12,16-17H2,1-3H3. The molecule has 3 rings (SSSR count). The first-order valence-corrected chi connectivity index (χ1v) is 11.7. The Morgan fingerprint density at radius 3 is 2.37 bits per heavy atom. The van der Waals surface area contributed by atoms with Gasteiger partial charge in [0.2, 0.25) is 10.0 Å². The number of ether oxygens (including phenoxy) is 1. The van der Waals surface area contributed by atoms with Gasteiger partial charge >= 0.3 is 0 Å². The highest BCUT2D eigenvalue weighted by atomic mass is 32.2. The summed E-state index contributed by atoms with van der Waals surface area (Å²) in [5, 5.41) is 0. The van der Waals surface area contributed by atoms with Gasteiger partial charge in [-0.1, -0.05) is 43.2 Å². The van der Waals surface area contributed by atoms with Gasteiger partial charge in [-0.3, -0.25) is 4.79 Å². The lowest BCUT2D eigenvalue weighted by Crippen LogP contribution is -2.31. The van der Waals surface area contributed by atoms with Crippen LogP contribution in [0.1, 0.15) is 41.6 Å². The minimum absolute atomic E-state index is 0.00328. The molecule has 0 aliphatic heterocycles. The first kappa shape index (κ1) is 22.3. The van der Waals surface area contributed by atoms with Gasteiger partial charge in [0.05, 0.1) is 7.11 Å². The van der Waals surface area contributed by atoms with Crippen LogP contribution in [0.2, 0.25) is 0 Å². The molecule has 1 fully saturated rings. The van der Waals surface area contributed by atoms with Crippen molar-refractivity contribution >= 4 is 15.9 Å². The quantitative estimate of drug-likeness (QED) is 0.639. The van der Waals surface area contributed by atoms with Crippen molar-refractivity contribution in [3.8, 4) is 5.75 Å². The van der Waals surface area contributed by atoms with E-state index in [0.717, 1.165) is 18.4 Å². The highest BCUT2D eigenvalue weighted by Crippen LogP contribution is 2.29. The average Bonchev–Trinajstić information content (AvgIpc) is 3.26. The van der Waals surface area contributed by atoms with E-state index in [1.54, 1.807) is 24.1 Å². The van der Waals surface area contributed by atoms with Crippen LogP contribution in [-0.2, 0) is 16.6 Å². The summed E-state index contributed by atoms with van der Waals surface area (Å²) in [5.74, 6) is 0.578. The summed E-state index contributed by atoms with van der Waals surface area (Å²) in [7, 11) is 0.892. The molecule has 1 aliphatic carbocycles. The van der Waals surface area contributed by atoms with Gasteiger partial charge < -0.3 is 9.64 Å². The number of benzene rings is 2. The molecule has 1 aliphatic rings. The Kier molecular flexibility index (Phi) is 7.15. The number of nitrogens with zero attached hydrogens (tertiary/aromatic N) is 2. The summed E-state index contributed by atoms with van der Waals surface area (Å²) in [6.45, 7) is 0.924. The molecule has 0 spiro atoms. The first-order chi connectivity index (χ1) is 14.3. The second-order valence-electron chi connectivity index (χ2n) is 7.95. The Bertz CT molecular complexity index is 970. The Morgan fingerprint density at radius 1 is 1.07 bits per heavy atom. The largest absolute Gasteiger partial charge is 0.495 e. The van der Waals surface area contributed by atoms with E-state index in [2.05, 4.69) is 0 Å². The van der Waals surface area contributed by atoms with Crippen LogP contribution in [0, 0.1) is 5.92 Å². The number of hydrogen-bond donors (Lipinski definition) is 0. The zero-order chi connectivity index (χ0) is 21.7. The number of sulfonamides is 1. The molecule has 0 atom stereocenters. The van der Waals surface area contributed by atoms with E-state index in [1.165, 1.54) is 37.4 Å². The molecule has 0 saturated heterocycles. The van der Waals surface area contributed by atoms with Gasteiger partial charge in [0, 0.05) is 32.7 Å². The molecule has 0 heterocycles. The van der Waals surface area contributed by atoms with Crippen LogP contribution in [0.15, 0.2) is 53.4 Å². The lowest BCUT2D eigenvalue weighted by Gasteiger charge is -2.23. The number of carbonyl (C=O) groups excluding carboxylic acids is 1. The molecular formula is C23H30N2O4S. The molecular weight excluding hydrogens is 400 g/mol. The van der Waals surface area contributed by atoms with Gasteiger partial charge in [0.1, 0.15) is 10.6 Å². The average molecular weight is 431 g/mol. The topological polar surface area (TPSA) is 66.9 Å². The summed E-state index contributed by atoms with van der Waals surface area (Å²) in [6, 6.07) is 14.0. The lowest BCUT2D eigenvalue weighted by atomic mass is 10.1. The van der Waals surface area contributed by atoms with Gasteiger partial charge in [-0.15, -0.1) is 0 Å². The van der Waals surface area contributed by atoms with Crippen molar-refractivity contribution in [1.82, 2.24) is 9.21 Å². The first-order valence-electron chi connectivity index (χ1n) is 10.3. The molecule has 0 unspecified atom stereocenters. The second kappa shape index (κ2) is 9.62. The molecule has 2 aromatic carbocycles. The van der Waals surface area contributed by atoms with Crippen LogP contribution in [0.4, 0.5) is 0 Å². The number of carbonyl (C=O) groups is 1. The third-order valence-corrected chi connectivity index (χ3v) is 7.52. The summed E-state index contributed by atoms with van der Waals surface area (Å²) in [6.07, 6.45) is 4.71. The minimum Gasteiger partial charge on any atom is -0.495 e. The van der Waals surface area contributed by atoms with E-state index >= 15 is 0 Å². The summed E-state index contributed by atoms with van der Waals surface area (Å²) in [5.41, 5.74) is 1.23. The summed E-state index contributed by atoms with van der Waals surface area (Å²) < 4.78 is 33.1. The molecule has 1 amide bonds. The molecule has 30 heavy (non-hydrogen) atoms. The van der Waals surface area contributed by atoms with E-state index in [0.29, 0.717) is 18.0 Å². The predicted octanol–water partition coefficient (Wildman–Crippen LogP) is 3.78. The fourth-order valence-corrected chi connectivity index (χ4v) is 5.32. The van der Waals surface area contributed by atoms with Crippen molar-refractivity contribution in [3.63, 3.8) is 0 Å². The molecule has 0 bridgehead atoms.